The molecule has 5 heteroatoms. The van der Waals surface area contributed by atoms with Crippen LogP contribution in [0.25, 0.3) is 10.9 Å². The number of hydrogen-bond donors (Lipinski definition) is 1. The van der Waals surface area contributed by atoms with E-state index in [0.717, 1.165) is 10.9 Å². The molecule has 2 aromatic rings. The minimum atomic E-state index is -0.352. The van der Waals surface area contributed by atoms with Gasteiger partial charge in [-0.05, 0) is 22.0 Å². The van der Waals surface area contributed by atoms with Crippen LogP contribution in [0.1, 0.15) is 10.4 Å². The lowest BCUT2D eigenvalue weighted by Gasteiger charge is -1.96. The zero-order valence-corrected chi connectivity index (χ0v) is 8.96. The second kappa shape index (κ2) is 3.42. The smallest absolute Gasteiger partial charge is 0.340 e. The predicted octanol–water partition coefficient (Wildman–Crippen LogP) is 2.11. The van der Waals surface area contributed by atoms with Gasteiger partial charge in [-0.3, -0.25) is 0 Å². The molecule has 0 atom stereocenters. The van der Waals surface area contributed by atoms with Crippen LogP contribution in [-0.4, -0.2) is 23.0 Å². The maximum atomic E-state index is 11.3. The predicted molar refractivity (Wildman–Crippen MR) is 55.1 cm³/mol. The molecule has 72 valence electrons. The van der Waals surface area contributed by atoms with Crippen molar-refractivity contribution in [2.24, 2.45) is 0 Å². The van der Waals surface area contributed by atoms with Crippen molar-refractivity contribution in [2.45, 2.75) is 0 Å². The van der Waals surface area contributed by atoms with Crippen LogP contribution in [0.5, 0.6) is 0 Å². The lowest BCUT2D eigenvalue weighted by molar-refractivity contribution is 0.0603. The van der Waals surface area contributed by atoms with E-state index in [1.54, 1.807) is 18.5 Å². The maximum Gasteiger partial charge on any atom is 0.340 e. The molecule has 0 aliphatic rings. The Kier molecular flexibility index (Phi) is 2.25. The summed E-state index contributed by atoms with van der Waals surface area (Å²) in [6.45, 7) is 0. The molecule has 0 radical (unpaired) electrons. The average molecular weight is 255 g/mol. The summed E-state index contributed by atoms with van der Waals surface area (Å²) >= 11 is 3.29. The summed E-state index contributed by atoms with van der Waals surface area (Å²) in [5.74, 6) is -0.352. The van der Waals surface area contributed by atoms with Crippen LogP contribution in [0.2, 0.25) is 0 Å². The quantitative estimate of drug-likeness (QED) is 0.627. The Hall–Kier alpha value is -1.36. The van der Waals surface area contributed by atoms with Crippen molar-refractivity contribution < 1.29 is 9.53 Å². The summed E-state index contributed by atoms with van der Waals surface area (Å²) in [4.78, 5) is 18.3. The van der Waals surface area contributed by atoms with Gasteiger partial charge in [0.05, 0.1) is 18.2 Å². The van der Waals surface area contributed by atoms with Gasteiger partial charge in [0.25, 0.3) is 0 Å². The third-order valence-electron chi connectivity index (χ3n) is 1.96. The van der Waals surface area contributed by atoms with E-state index in [0.29, 0.717) is 10.2 Å². The first-order chi connectivity index (χ1) is 6.74. The first kappa shape index (κ1) is 9.21. The van der Waals surface area contributed by atoms with Gasteiger partial charge in [-0.15, -0.1) is 0 Å². The minimum absolute atomic E-state index is 0.352. The summed E-state index contributed by atoms with van der Waals surface area (Å²) in [5.41, 5.74) is 1.32. The Morgan fingerprint density at radius 3 is 3.14 bits per heavy atom. The highest BCUT2D eigenvalue weighted by Crippen LogP contribution is 2.23. The third kappa shape index (κ3) is 1.29. The van der Waals surface area contributed by atoms with Crippen LogP contribution in [0.3, 0.4) is 0 Å². The molecule has 4 nitrogen and oxygen atoms in total. The fraction of sp³-hybridized carbons (Fsp3) is 0.111. The number of ether oxygens (including phenoxy) is 1. The van der Waals surface area contributed by atoms with Crippen LogP contribution < -0.4 is 0 Å². The molecule has 0 unspecified atom stereocenters. The number of carbonyl (C=O) groups excluding carboxylic acids is 1. The summed E-state index contributed by atoms with van der Waals surface area (Å²) in [5, 5.41) is 0.804. The number of aromatic amines is 1. The molecule has 0 fully saturated rings. The topological polar surface area (TPSA) is 55.0 Å². The Morgan fingerprint density at radius 2 is 2.43 bits per heavy atom. The maximum absolute atomic E-state index is 11.3. The van der Waals surface area contributed by atoms with Gasteiger partial charge in [0.15, 0.2) is 0 Å². The van der Waals surface area contributed by atoms with E-state index >= 15 is 0 Å². The minimum Gasteiger partial charge on any atom is -0.465 e. The average Bonchev–Trinajstić information content (AvgIpc) is 2.62. The number of carbonyl (C=O) groups is 1. The number of hydrogen-bond acceptors (Lipinski definition) is 3. The fourth-order valence-electron chi connectivity index (χ4n) is 1.30. The molecule has 0 saturated heterocycles. The fourth-order valence-corrected chi connectivity index (χ4v) is 1.75. The van der Waals surface area contributed by atoms with Gasteiger partial charge >= 0.3 is 5.97 Å². The molecule has 0 aliphatic carbocycles. The number of esters is 1. The number of methoxy groups -OCH3 is 1. The van der Waals surface area contributed by atoms with Crippen molar-refractivity contribution in [1.82, 2.24) is 9.97 Å². The van der Waals surface area contributed by atoms with E-state index < -0.39 is 0 Å². The van der Waals surface area contributed by atoms with Gasteiger partial charge in [0, 0.05) is 17.8 Å². The number of halogens is 1. The second-order valence-corrected chi connectivity index (χ2v) is 3.47. The number of nitrogens with zero attached hydrogens (tertiary/aromatic N) is 1. The van der Waals surface area contributed by atoms with Crippen molar-refractivity contribution in [1.29, 1.82) is 0 Å². The first-order valence-corrected chi connectivity index (χ1v) is 4.73. The van der Waals surface area contributed by atoms with E-state index in [1.807, 2.05) is 0 Å². The number of fused-ring (bicyclic) bond motifs is 1. The highest BCUT2D eigenvalue weighted by molar-refractivity contribution is 9.10. The molecule has 2 rings (SSSR count). The van der Waals surface area contributed by atoms with E-state index in [9.17, 15) is 4.79 Å². The highest BCUT2D eigenvalue weighted by Gasteiger charge is 2.13. The lowest BCUT2D eigenvalue weighted by Crippen LogP contribution is -1.99. The van der Waals surface area contributed by atoms with Crippen molar-refractivity contribution in [3.8, 4) is 0 Å². The standard InChI is InChI=1S/C9H7BrN2O2/c1-14-9(13)6-4-12-7-5(6)2-3-11-8(7)10/h2-4,12H,1H3. The number of pyridine rings is 1. The monoisotopic (exact) mass is 254 g/mol. The van der Waals surface area contributed by atoms with E-state index in [1.165, 1.54) is 7.11 Å². The summed E-state index contributed by atoms with van der Waals surface area (Å²) in [6.07, 6.45) is 3.25. The van der Waals surface area contributed by atoms with Gasteiger partial charge in [0.1, 0.15) is 4.60 Å². The van der Waals surface area contributed by atoms with Gasteiger partial charge in [-0.2, -0.15) is 0 Å². The van der Waals surface area contributed by atoms with Crippen LogP contribution in [0.4, 0.5) is 0 Å². The van der Waals surface area contributed by atoms with Crippen molar-refractivity contribution in [2.75, 3.05) is 7.11 Å². The van der Waals surface area contributed by atoms with Crippen LogP contribution in [-0.2, 0) is 4.74 Å². The molecule has 0 aromatic carbocycles. The number of aromatic nitrogens is 2. The zero-order valence-electron chi connectivity index (χ0n) is 7.37. The number of H-pyrrole nitrogens is 1. The number of nitrogens with one attached hydrogen (secondary N) is 1. The largest absolute Gasteiger partial charge is 0.465 e. The first-order valence-electron chi connectivity index (χ1n) is 3.94. The van der Waals surface area contributed by atoms with Gasteiger partial charge in [-0.1, -0.05) is 0 Å². The van der Waals surface area contributed by atoms with Crippen molar-refractivity contribution in [3.05, 3.63) is 28.6 Å². The molecule has 0 spiro atoms. The molecule has 1 N–H and O–H groups in total. The Labute approximate surface area is 88.4 Å². The Morgan fingerprint density at radius 1 is 1.64 bits per heavy atom. The van der Waals surface area contributed by atoms with Gasteiger partial charge in [0.2, 0.25) is 0 Å². The normalized spacial score (nSPS) is 10.4. The third-order valence-corrected chi connectivity index (χ3v) is 2.56. The summed E-state index contributed by atoms with van der Waals surface area (Å²) in [7, 11) is 1.36. The molecule has 2 heterocycles. The highest BCUT2D eigenvalue weighted by atomic mass is 79.9. The van der Waals surface area contributed by atoms with Gasteiger partial charge < -0.3 is 9.72 Å². The number of rotatable bonds is 1. The van der Waals surface area contributed by atoms with E-state index in [4.69, 9.17) is 0 Å². The molecular formula is C9H7BrN2O2. The molecule has 0 bridgehead atoms. The van der Waals surface area contributed by atoms with E-state index in [2.05, 4.69) is 30.6 Å². The SMILES string of the molecule is COC(=O)c1c[nH]c2c(Br)nccc12. The second-order valence-electron chi connectivity index (χ2n) is 2.72. The Bertz CT molecular complexity index is 493. The Balaban J connectivity index is 2.70. The van der Waals surface area contributed by atoms with Gasteiger partial charge in [-0.25, -0.2) is 9.78 Å². The van der Waals surface area contributed by atoms with Crippen LogP contribution in [0, 0.1) is 0 Å². The zero-order chi connectivity index (χ0) is 10.1. The molecule has 0 saturated carbocycles. The summed E-state index contributed by atoms with van der Waals surface area (Å²) in [6, 6.07) is 1.77. The van der Waals surface area contributed by atoms with Crippen LogP contribution >= 0.6 is 15.9 Å². The lowest BCUT2D eigenvalue weighted by atomic mass is 10.2. The molecular weight excluding hydrogens is 248 g/mol. The molecule has 2 aromatic heterocycles. The van der Waals surface area contributed by atoms with Crippen LogP contribution in [0.15, 0.2) is 23.1 Å². The van der Waals surface area contributed by atoms with Crippen molar-refractivity contribution >= 4 is 32.8 Å². The molecule has 0 aliphatic heterocycles. The molecule has 14 heavy (non-hydrogen) atoms. The van der Waals surface area contributed by atoms with Crippen molar-refractivity contribution in [3.63, 3.8) is 0 Å². The molecule has 0 amide bonds. The van der Waals surface area contributed by atoms with E-state index in [-0.39, 0.29) is 5.97 Å². The summed E-state index contributed by atoms with van der Waals surface area (Å²) < 4.78 is 5.33.